The number of hydrazone groups is 1. The van der Waals surface area contributed by atoms with Crippen molar-refractivity contribution < 1.29 is 9.53 Å². The molecule has 4 heteroatoms. The maximum atomic E-state index is 11.6. The molecule has 0 bridgehead atoms. The van der Waals surface area contributed by atoms with Gasteiger partial charge in [0.25, 0.3) is 5.91 Å². The molecule has 0 radical (unpaired) electrons. The molecular formula is C17H18N2O2. The largest absolute Gasteiger partial charge is 0.483 e. The van der Waals surface area contributed by atoms with Gasteiger partial charge in [-0.1, -0.05) is 48.5 Å². The van der Waals surface area contributed by atoms with E-state index in [1.807, 2.05) is 68.4 Å². The normalized spacial score (nSPS) is 9.81. The van der Waals surface area contributed by atoms with Crippen molar-refractivity contribution in [3.8, 4) is 16.9 Å². The second-order valence-electron chi connectivity index (χ2n) is 4.74. The first-order chi connectivity index (χ1) is 10.2. The molecule has 2 rings (SSSR count). The first-order valence-corrected chi connectivity index (χ1v) is 6.74. The SMILES string of the molecule is CC(C)=NNC(=O)COc1ccccc1-c1ccccc1. The van der Waals surface area contributed by atoms with Crippen LogP contribution in [-0.4, -0.2) is 18.2 Å². The number of carbonyl (C=O) groups excluding carboxylic acids is 1. The Morgan fingerprint density at radius 3 is 2.43 bits per heavy atom. The van der Waals surface area contributed by atoms with Crippen LogP contribution in [0.5, 0.6) is 5.75 Å². The summed E-state index contributed by atoms with van der Waals surface area (Å²) in [6, 6.07) is 17.6. The maximum Gasteiger partial charge on any atom is 0.277 e. The standard InChI is InChI=1S/C17H18N2O2/c1-13(2)18-19-17(20)12-21-16-11-7-6-10-15(16)14-8-4-3-5-9-14/h3-11H,12H2,1-2H3,(H,19,20). The Hall–Kier alpha value is -2.62. The zero-order valence-electron chi connectivity index (χ0n) is 12.2. The quantitative estimate of drug-likeness (QED) is 0.676. The summed E-state index contributed by atoms with van der Waals surface area (Å²) in [6.45, 7) is 3.55. The Balaban J connectivity index is 2.08. The van der Waals surface area contributed by atoms with E-state index in [-0.39, 0.29) is 12.5 Å². The molecule has 0 spiro atoms. The van der Waals surface area contributed by atoms with Crippen molar-refractivity contribution in [3.63, 3.8) is 0 Å². The fourth-order valence-electron chi connectivity index (χ4n) is 1.80. The van der Waals surface area contributed by atoms with Crippen LogP contribution in [0.4, 0.5) is 0 Å². The average molecular weight is 282 g/mol. The molecule has 2 aromatic rings. The monoisotopic (exact) mass is 282 g/mol. The number of hydrogen-bond donors (Lipinski definition) is 1. The fraction of sp³-hybridized carbons (Fsp3) is 0.176. The lowest BCUT2D eigenvalue weighted by Crippen LogP contribution is -2.25. The van der Waals surface area contributed by atoms with Crippen LogP contribution in [0.1, 0.15) is 13.8 Å². The summed E-state index contributed by atoms with van der Waals surface area (Å²) in [5.74, 6) is 0.398. The van der Waals surface area contributed by atoms with E-state index in [1.165, 1.54) is 0 Å². The molecule has 0 aromatic heterocycles. The van der Waals surface area contributed by atoms with Crippen LogP contribution in [-0.2, 0) is 4.79 Å². The fourth-order valence-corrected chi connectivity index (χ4v) is 1.80. The van der Waals surface area contributed by atoms with Crippen LogP contribution < -0.4 is 10.2 Å². The first-order valence-electron chi connectivity index (χ1n) is 6.74. The zero-order valence-corrected chi connectivity index (χ0v) is 12.2. The molecular weight excluding hydrogens is 264 g/mol. The minimum Gasteiger partial charge on any atom is -0.483 e. The molecule has 0 heterocycles. The topological polar surface area (TPSA) is 50.7 Å². The van der Waals surface area contributed by atoms with Gasteiger partial charge in [-0.05, 0) is 25.5 Å². The Bertz CT molecular complexity index is 632. The summed E-state index contributed by atoms with van der Waals surface area (Å²) >= 11 is 0. The van der Waals surface area contributed by atoms with Crippen molar-refractivity contribution in [1.82, 2.24) is 5.43 Å². The molecule has 0 aliphatic heterocycles. The Morgan fingerprint density at radius 1 is 1.05 bits per heavy atom. The van der Waals surface area contributed by atoms with Crippen LogP contribution in [0.25, 0.3) is 11.1 Å². The Morgan fingerprint density at radius 2 is 1.71 bits per heavy atom. The van der Waals surface area contributed by atoms with E-state index in [0.717, 1.165) is 16.8 Å². The van der Waals surface area contributed by atoms with Crippen molar-refractivity contribution in [2.75, 3.05) is 6.61 Å². The summed E-state index contributed by atoms with van der Waals surface area (Å²) in [6.07, 6.45) is 0. The second kappa shape index (κ2) is 7.24. The number of nitrogens with zero attached hydrogens (tertiary/aromatic N) is 1. The molecule has 108 valence electrons. The van der Waals surface area contributed by atoms with Crippen molar-refractivity contribution in [2.45, 2.75) is 13.8 Å². The van der Waals surface area contributed by atoms with Gasteiger partial charge in [0.1, 0.15) is 5.75 Å². The van der Waals surface area contributed by atoms with Crippen LogP contribution in [0.15, 0.2) is 59.7 Å². The number of carbonyl (C=O) groups is 1. The van der Waals surface area contributed by atoms with Crippen molar-refractivity contribution in [1.29, 1.82) is 0 Å². The molecule has 1 N–H and O–H groups in total. The van der Waals surface area contributed by atoms with Crippen LogP contribution in [0.2, 0.25) is 0 Å². The minimum atomic E-state index is -0.279. The molecule has 0 fully saturated rings. The number of nitrogens with one attached hydrogen (secondary N) is 1. The Kier molecular flexibility index (Phi) is 5.10. The third kappa shape index (κ3) is 4.45. The van der Waals surface area contributed by atoms with E-state index in [9.17, 15) is 4.79 Å². The van der Waals surface area contributed by atoms with Gasteiger partial charge >= 0.3 is 0 Å². The van der Waals surface area contributed by atoms with Crippen molar-refractivity contribution in [2.24, 2.45) is 5.10 Å². The predicted molar refractivity (Wildman–Crippen MR) is 84.3 cm³/mol. The van der Waals surface area contributed by atoms with E-state index in [1.54, 1.807) is 0 Å². The molecule has 0 aliphatic carbocycles. The number of rotatable bonds is 5. The lowest BCUT2D eigenvalue weighted by molar-refractivity contribution is -0.123. The summed E-state index contributed by atoms with van der Waals surface area (Å²) in [4.78, 5) is 11.6. The van der Waals surface area contributed by atoms with E-state index in [4.69, 9.17) is 4.74 Å². The summed E-state index contributed by atoms with van der Waals surface area (Å²) in [7, 11) is 0. The molecule has 2 aromatic carbocycles. The maximum absolute atomic E-state index is 11.6. The average Bonchev–Trinajstić information content (AvgIpc) is 2.52. The summed E-state index contributed by atoms with van der Waals surface area (Å²) in [5, 5.41) is 3.85. The lowest BCUT2D eigenvalue weighted by atomic mass is 10.1. The highest BCUT2D eigenvalue weighted by atomic mass is 16.5. The number of amides is 1. The van der Waals surface area contributed by atoms with E-state index in [2.05, 4.69) is 10.5 Å². The van der Waals surface area contributed by atoms with Crippen LogP contribution >= 0.6 is 0 Å². The molecule has 0 atom stereocenters. The summed E-state index contributed by atoms with van der Waals surface area (Å²) < 4.78 is 5.60. The summed E-state index contributed by atoms with van der Waals surface area (Å²) in [5.41, 5.74) is 5.23. The predicted octanol–water partition coefficient (Wildman–Crippen LogP) is 3.24. The first kappa shape index (κ1) is 14.8. The van der Waals surface area contributed by atoms with Gasteiger partial charge in [-0.15, -0.1) is 0 Å². The lowest BCUT2D eigenvalue weighted by Gasteiger charge is -2.11. The highest BCUT2D eigenvalue weighted by Gasteiger charge is 2.07. The van der Waals surface area contributed by atoms with Gasteiger partial charge < -0.3 is 4.74 Å². The van der Waals surface area contributed by atoms with Gasteiger partial charge in [-0.2, -0.15) is 5.10 Å². The zero-order chi connectivity index (χ0) is 15.1. The number of ether oxygens (including phenoxy) is 1. The third-order valence-electron chi connectivity index (χ3n) is 2.73. The number of hydrogen-bond acceptors (Lipinski definition) is 3. The van der Waals surface area contributed by atoms with Crippen LogP contribution in [0.3, 0.4) is 0 Å². The van der Waals surface area contributed by atoms with Gasteiger partial charge in [0, 0.05) is 11.3 Å². The molecule has 0 saturated carbocycles. The van der Waals surface area contributed by atoms with Gasteiger partial charge in [-0.25, -0.2) is 5.43 Å². The van der Waals surface area contributed by atoms with E-state index in [0.29, 0.717) is 5.75 Å². The van der Waals surface area contributed by atoms with Crippen molar-refractivity contribution in [3.05, 3.63) is 54.6 Å². The van der Waals surface area contributed by atoms with E-state index < -0.39 is 0 Å². The number of benzene rings is 2. The Labute approximate surface area is 124 Å². The molecule has 4 nitrogen and oxygen atoms in total. The van der Waals surface area contributed by atoms with Gasteiger partial charge in [0.15, 0.2) is 6.61 Å². The molecule has 0 unspecified atom stereocenters. The van der Waals surface area contributed by atoms with Gasteiger partial charge in [0.2, 0.25) is 0 Å². The molecule has 0 aliphatic rings. The highest BCUT2D eigenvalue weighted by Crippen LogP contribution is 2.29. The van der Waals surface area contributed by atoms with Gasteiger partial charge in [-0.3, -0.25) is 4.79 Å². The minimum absolute atomic E-state index is 0.0688. The van der Waals surface area contributed by atoms with Crippen LogP contribution in [0, 0.1) is 0 Å². The molecule has 21 heavy (non-hydrogen) atoms. The molecule has 0 saturated heterocycles. The molecule has 1 amide bonds. The number of para-hydroxylation sites is 1. The third-order valence-corrected chi connectivity index (χ3v) is 2.73. The second-order valence-corrected chi connectivity index (χ2v) is 4.74. The highest BCUT2D eigenvalue weighted by molar-refractivity contribution is 5.83. The van der Waals surface area contributed by atoms with Crippen molar-refractivity contribution >= 4 is 11.6 Å². The van der Waals surface area contributed by atoms with Gasteiger partial charge in [0.05, 0.1) is 0 Å². The van der Waals surface area contributed by atoms with E-state index >= 15 is 0 Å². The smallest absolute Gasteiger partial charge is 0.277 e.